The van der Waals surface area contributed by atoms with Crippen LogP contribution in [-0.2, 0) is 9.59 Å². The zero-order valence-electron chi connectivity index (χ0n) is 11.0. The fraction of sp³-hybridized carbons (Fsp3) is 0.714. The molecule has 0 aromatic rings. The van der Waals surface area contributed by atoms with E-state index >= 15 is 0 Å². The van der Waals surface area contributed by atoms with E-state index in [1.54, 1.807) is 0 Å². The summed E-state index contributed by atoms with van der Waals surface area (Å²) in [4.78, 5) is 23.2. The lowest BCUT2D eigenvalue weighted by molar-refractivity contribution is -0.126. The molecule has 2 fully saturated rings. The number of carbonyl (C=O) groups excluding carboxylic acids is 2. The highest BCUT2D eigenvalue weighted by atomic mass is 16.3. The third-order valence-corrected chi connectivity index (χ3v) is 6.09. The first kappa shape index (κ1) is 11.9. The number of hydrogen-bond acceptors (Lipinski definition) is 3. The van der Waals surface area contributed by atoms with Gasteiger partial charge in [0.2, 0.25) is 0 Å². The average Bonchev–Trinajstić information content (AvgIpc) is 2.76. The minimum absolute atomic E-state index is 0.00545. The third-order valence-electron chi connectivity index (χ3n) is 6.09. The first-order chi connectivity index (χ1) is 8.22. The van der Waals surface area contributed by atoms with Crippen molar-refractivity contribution in [2.45, 2.75) is 45.6 Å². The molecule has 18 heavy (non-hydrogen) atoms. The molecule has 3 atom stereocenters. The summed E-state index contributed by atoms with van der Waals surface area (Å²) in [7, 11) is 0. The summed E-state index contributed by atoms with van der Waals surface area (Å²) in [5.41, 5.74) is -1.23. The van der Waals surface area contributed by atoms with Crippen LogP contribution in [0.1, 0.15) is 40.0 Å². The number of imide groups is 1. The van der Waals surface area contributed by atoms with Gasteiger partial charge in [0.15, 0.2) is 0 Å². The lowest BCUT2D eigenvalue weighted by atomic mass is 9.62. The Hall–Kier alpha value is -1.16. The van der Waals surface area contributed by atoms with E-state index in [9.17, 15) is 14.7 Å². The van der Waals surface area contributed by atoms with E-state index in [2.05, 4.69) is 26.1 Å². The Kier molecular flexibility index (Phi) is 2.01. The van der Waals surface area contributed by atoms with Crippen molar-refractivity contribution in [3.63, 3.8) is 0 Å². The predicted molar refractivity (Wildman–Crippen MR) is 65.4 cm³/mol. The van der Waals surface area contributed by atoms with Crippen molar-refractivity contribution in [3.8, 4) is 0 Å². The summed E-state index contributed by atoms with van der Waals surface area (Å²) in [6.07, 6.45) is 3.86. The van der Waals surface area contributed by atoms with Crippen molar-refractivity contribution in [1.82, 2.24) is 5.32 Å². The van der Waals surface area contributed by atoms with Crippen LogP contribution in [-0.4, -0.2) is 22.5 Å². The van der Waals surface area contributed by atoms with E-state index in [-0.39, 0.29) is 16.4 Å². The van der Waals surface area contributed by atoms with Crippen molar-refractivity contribution in [3.05, 3.63) is 11.6 Å². The number of rotatable bonds is 1. The van der Waals surface area contributed by atoms with Gasteiger partial charge in [-0.2, -0.15) is 0 Å². The van der Waals surface area contributed by atoms with E-state index in [0.29, 0.717) is 12.3 Å². The van der Waals surface area contributed by atoms with Crippen molar-refractivity contribution in [1.29, 1.82) is 0 Å². The normalized spacial score (nSPS) is 45.3. The second kappa shape index (κ2) is 3.05. The minimum Gasteiger partial charge on any atom is -0.384 e. The molecule has 2 N–H and O–H groups in total. The first-order valence-corrected chi connectivity index (χ1v) is 6.52. The van der Waals surface area contributed by atoms with E-state index in [1.807, 2.05) is 0 Å². The van der Waals surface area contributed by atoms with Gasteiger partial charge in [-0.1, -0.05) is 20.8 Å². The lowest BCUT2D eigenvalue weighted by Gasteiger charge is -2.45. The van der Waals surface area contributed by atoms with E-state index in [4.69, 9.17) is 0 Å². The monoisotopic (exact) mass is 249 g/mol. The molecule has 3 unspecified atom stereocenters. The SMILES string of the molecule is CC1(C)C2CCC1(C)C(O)(C1=CC(=O)NC1=O)C2. The van der Waals surface area contributed by atoms with Gasteiger partial charge in [0.25, 0.3) is 11.8 Å². The summed E-state index contributed by atoms with van der Waals surface area (Å²) >= 11 is 0. The highest BCUT2D eigenvalue weighted by molar-refractivity contribution is 6.17. The molecule has 4 heteroatoms. The van der Waals surface area contributed by atoms with Crippen molar-refractivity contribution < 1.29 is 14.7 Å². The molecule has 0 aromatic carbocycles. The average molecular weight is 249 g/mol. The van der Waals surface area contributed by atoms with Crippen molar-refractivity contribution >= 4 is 11.8 Å². The molecule has 2 amide bonds. The number of amides is 2. The molecule has 1 aliphatic heterocycles. The molecule has 0 aromatic heterocycles. The quantitative estimate of drug-likeness (QED) is 0.685. The van der Waals surface area contributed by atoms with Gasteiger partial charge >= 0.3 is 0 Å². The predicted octanol–water partition coefficient (Wildman–Crippen LogP) is 1.15. The number of aliphatic hydroxyl groups is 1. The summed E-state index contributed by atoms with van der Waals surface area (Å²) in [6, 6.07) is 0. The zero-order valence-corrected chi connectivity index (χ0v) is 11.0. The Morgan fingerprint density at radius 1 is 1.33 bits per heavy atom. The Morgan fingerprint density at radius 3 is 2.39 bits per heavy atom. The van der Waals surface area contributed by atoms with Crippen LogP contribution < -0.4 is 5.32 Å². The van der Waals surface area contributed by atoms with Crippen LogP contribution in [0, 0.1) is 16.7 Å². The van der Waals surface area contributed by atoms with Crippen LogP contribution in [0.2, 0.25) is 0 Å². The van der Waals surface area contributed by atoms with Gasteiger partial charge in [-0.15, -0.1) is 0 Å². The molecule has 1 heterocycles. The van der Waals surface area contributed by atoms with Gasteiger partial charge < -0.3 is 5.11 Å². The summed E-state index contributed by atoms with van der Waals surface area (Å²) in [5.74, 6) is -0.420. The van der Waals surface area contributed by atoms with E-state index in [1.165, 1.54) is 6.08 Å². The van der Waals surface area contributed by atoms with Gasteiger partial charge in [-0.3, -0.25) is 14.9 Å². The maximum absolute atomic E-state index is 11.8. The molecule has 3 rings (SSSR count). The Morgan fingerprint density at radius 2 is 2.00 bits per heavy atom. The molecule has 3 aliphatic rings. The molecule has 2 aliphatic carbocycles. The van der Waals surface area contributed by atoms with Crippen LogP contribution in [0.4, 0.5) is 0 Å². The van der Waals surface area contributed by atoms with E-state index < -0.39 is 17.4 Å². The highest BCUT2D eigenvalue weighted by Crippen LogP contribution is 2.71. The summed E-state index contributed by atoms with van der Waals surface area (Å²) in [5, 5.41) is 13.3. The fourth-order valence-electron chi connectivity index (χ4n) is 4.40. The zero-order chi connectivity index (χ0) is 13.3. The molecule has 98 valence electrons. The lowest BCUT2D eigenvalue weighted by Crippen LogP contribution is -2.50. The van der Waals surface area contributed by atoms with Crippen LogP contribution in [0.25, 0.3) is 0 Å². The van der Waals surface area contributed by atoms with Gasteiger partial charge in [-0.05, 0) is 30.6 Å². The Labute approximate surface area is 106 Å². The fourth-order valence-corrected chi connectivity index (χ4v) is 4.40. The van der Waals surface area contributed by atoms with Gasteiger partial charge in [0.1, 0.15) is 5.60 Å². The summed E-state index contributed by atoms with van der Waals surface area (Å²) in [6.45, 7) is 6.38. The van der Waals surface area contributed by atoms with Gasteiger partial charge in [0, 0.05) is 11.5 Å². The molecular weight excluding hydrogens is 230 g/mol. The molecule has 0 saturated heterocycles. The molecule has 0 spiro atoms. The summed E-state index contributed by atoms with van der Waals surface area (Å²) < 4.78 is 0. The second-order valence-electron chi connectivity index (χ2n) is 6.73. The Bertz CT molecular complexity index is 493. The van der Waals surface area contributed by atoms with Gasteiger partial charge in [-0.25, -0.2) is 0 Å². The van der Waals surface area contributed by atoms with Crippen LogP contribution in [0.15, 0.2) is 11.6 Å². The maximum atomic E-state index is 11.8. The van der Waals surface area contributed by atoms with Crippen LogP contribution in [0.3, 0.4) is 0 Å². The number of carbonyl (C=O) groups is 2. The number of hydrogen-bond donors (Lipinski definition) is 2. The third kappa shape index (κ3) is 1.06. The largest absolute Gasteiger partial charge is 0.384 e. The molecule has 2 bridgehead atoms. The number of fused-ring (bicyclic) bond motifs is 2. The van der Waals surface area contributed by atoms with Crippen LogP contribution in [0.5, 0.6) is 0 Å². The van der Waals surface area contributed by atoms with E-state index in [0.717, 1.165) is 12.8 Å². The standard InChI is InChI=1S/C14H19NO3/c1-12(2)8-4-5-13(12,3)14(18,7-8)9-6-10(16)15-11(9)17/h6,8,18H,4-5,7H2,1-3H3,(H,15,16,17). The Balaban J connectivity index is 2.11. The highest BCUT2D eigenvalue weighted by Gasteiger charge is 2.70. The molecule has 4 nitrogen and oxygen atoms in total. The smallest absolute Gasteiger partial charge is 0.257 e. The van der Waals surface area contributed by atoms with Gasteiger partial charge in [0.05, 0.1) is 5.57 Å². The first-order valence-electron chi connectivity index (χ1n) is 6.52. The minimum atomic E-state index is -1.16. The van der Waals surface area contributed by atoms with Crippen LogP contribution >= 0.6 is 0 Å². The second-order valence-corrected chi connectivity index (χ2v) is 6.73. The van der Waals surface area contributed by atoms with Crippen molar-refractivity contribution in [2.75, 3.05) is 0 Å². The molecule has 0 radical (unpaired) electrons. The molecule has 2 saturated carbocycles. The topological polar surface area (TPSA) is 66.4 Å². The maximum Gasteiger partial charge on any atom is 0.257 e. The van der Waals surface area contributed by atoms with Crippen molar-refractivity contribution in [2.24, 2.45) is 16.7 Å². The number of nitrogens with one attached hydrogen (secondary N) is 1. The molecular formula is C14H19NO3.